The van der Waals surface area contributed by atoms with Crippen LogP contribution in [-0.2, 0) is 16.1 Å². The second-order valence-corrected chi connectivity index (χ2v) is 7.83. The van der Waals surface area contributed by atoms with Crippen LogP contribution in [0.25, 0.3) is 0 Å². The third kappa shape index (κ3) is 6.37. The molecule has 0 radical (unpaired) electrons. The lowest BCUT2D eigenvalue weighted by Crippen LogP contribution is -2.26. The Bertz CT molecular complexity index is 1050. The zero-order chi connectivity index (χ0) is 22.4. The van der Waals surface area contributed by atoms with Crippen molar-refractivity contribution < 1.29 is 19.1 Å². The highest BCUT2D eigenvalue weighted by atomic mass is 35.5. The van der Waals surface area contributed by atoms with Crippen LogP contribution in [0.5, 0.6) is 5.75 Å². The molecule has 0 saturated carbocycles. The van der Waals surface area contributed by atoms with Crippen LogP contribution in [-0.4, -0.2) is 18.0 Å². The van der Waals surface area contributed by atoms with Crippen LogP contribution in [0.1, 0.15) is 22.8 Å². The first-order valence-corrected chi connectivity index (χ1v) is 10.4. The van der Waals surface area contributed by atoms with E-state index in [4.69, 9.17) is 44.3 Å². The topological polar surface area (TPSA) is 64.6 Å². The van der Waals surface area contributed by atoms with Crippen molar-refractivity contribution in [2.45, 2.75) is 19.6 Å². The molecule has 160 valence electrons. The van der Waals surface area contributed by atoms with Crippen LogP contribution in [0.2, 0.25) is 15.1 Å². The summed E-state index contributed by atoms with van der Waals surface area (Å²) in [7, 11) is 0. The molecule has 1 N–H and O–H groups in total. The number of nitrogens with one attached hydrogen (secondary N) is 1. The van der Waals surface area contributed by atoms with Crippen molar-refractivity contribution >= 4 is 52.4 Å². The molecule has 0 aliphatic carbocycles. The molecule has 5 nitrogen and oxygen atoms in total. The maximum atomic E-state index is 12.5. The van der Waals surface area contributed by atoms with Gasteiger partial charge in [0.15, 0.2) is 6.10 Å². The van der Waals surface area contributed by atoms with Crippen LogP contribution in [0.3, 0.4) is 0 Å². The maximum absolute atomic E-state index is 12.5. The van der Waals surface area contributed by atoms with E-state index in [9.17, 15) is 9.59 Å². The Balaban J connectivity index is 1.57. The van der Waals surface area contributed by atoms with Crippen LogP contribution < -0.4 is 10.1 Å². The smallest absolute Gasteiger partial charge is 0.347 e. The molecule has 3 rings (SSSR count). The summed E-state index contributed by atoms with van der Waals surface area (Å²) in [4.78, 5) is 24.6. The Hall–Kier alpha value is -2.73. The van der Waals surface area contributed by atoms with Crippen molar-refractivity contribution in [2.75, 3.05) is 5.32 Å². The minimum Gasteiger partial charge on any atom is -0.479 e. The Morgan fingerprint density at radius 2 is 1.55 bits per heavy atom. The second-order valence-electron chi connectivity index (χ2n) is 6.58. The van der Waals surface area contributed by atoms with Crippen molar-refractivity contribution in [2.24, 2.45) is 0 Å². The van der Waals surface area contributed by atoms with Gasteiger partial charge < -0.3 is 14.8 Å². The standard InChI is InChI=1S/C23H18Cl3NO4/c1-14(23(29)30-13-15-5-3-2-4-6-15)31-18-9-7-16(8-10-18)22(28)27-21-19(25)11-17(24)12-20(21)26/h2-12,14H,13H2,1H3,(H,27,28). The van der Waals surface area contributed by atoms with E-state index in [1.165, 1.54) is 12.1 Å². The quantitative estimate of drug-likeness (QED) is 0.399. The van der Waals surface area contributed by atoms with E-state index in [2.05, 4.69) is 5.32 Å². The Kier molecular flexibility index (Phi) is 7.80. The van der Waals surface area contributed by atoms with E-state index in [1.807, 2.05) is 30.3 Å². The molecular weight excluding hydrogens is 461 g/mol. The fraction of sp³-hybridized carbons (Fsp3) is 0.130. The number of esters is 1. The number of hydrogen-bond donors (Lipinski definition) is 1. The van der Waals surface area contributed by atoms with Gasteiger partial charge in [-0.25, -0.2) is 4.79 Å². The van der Waals surface area contributed by atoms with Gasteiger partial charge in [-0.2, -0.15) is 0 Å². The van der Waals surface area contributed by atoms with Gasteiger partial charge in [0.1, 0.15) is 12.4 Å². The molecular formula is C23H18Cl3NO4. The van der Waals surface area contributed by atoms with E-state index < -0.39 is 18.0 Å². The highest BCUT2D eigenvalue weighted by molar-refractivity contribution is 6.42. The number of carbonyl (C=O) groups is 2. The zero-order valence-electron chi connectivity index (χ0n) is 16.4. The monoisotopic (exact) mass is 477 g/mol. The van der Waals surface area contributed by atoms with Crippen molar-refractivity contribution in [3.63, 3.8) is 0 Å². The largest absolute Gasteiger partial charge is 0.479 e. The molecule has 0 saturated heterocycles. The van der Waals surface area contributed by atoms with Gasteiger partial charge in [0.25, 0.3) is 5.91 Å². The Morgan fingerprint density at radius 1 is 0.935 bits per heavy atom. The third-order valence-corrected chi connectivity index (χ3v) is 5.05. The molecule has 1 amide bonds. The van der Waals surface area contributed by atoms with E-state index in [-0.39, 0.29) is 22.3 Å². The average Bonchev–Trinajstić information content (AvgIpc) is 2.75. The van der Waals surface area contributed by atoms with Crippen LogP contribution in [0, 0.1) is 0 Å². The van der Waals surface area contributed by atoms with Crippen molar-refractivity contribution in [3.8, 4) is 5.75 Å². The fourth-order valence-corrected chi connectivity index (χ4v) is 3.54. The van der Waals surface area contributed by atoms with E-state index >= 15 is 0 Å². The number of anilines is 1. The molecule has 0 spiro atoms. The molecule has 0 aliphatic rings. The van der Waals surface area contributed by atoms with Gasteiger partial charge in [-0.15, -0.1) is 0 Å². The lowest BCUT2D eigenvalue weighted by atomic mass is 10.2. The normalized spacial score (nSPS) is 11.5. The first-order chi connectivity index (χ1) is 14.8. The van der Waals surface area contributed by atoms with E-state index in [0.29, 0.717) is 16.3 Å². The number of rotatable bonds is 7. The SMILES string of the molecule is CC(Oc1ccc(C(=O)Nc2c(Cl)cc(Cl)cc2Cl)cc1)C(=O)OCc1ccccc1. The van der Waals surface area contributed by atoms with E-state index in [1.54, 1.807) is 31.2 Å². The van der Waals surface area contributed by atoms with Crippen LogP contribution >= 0.6 is 34.8 Å². The highest BCUT2D eigenvalue weighted by Crippen LogP contribution is 2.34. The predicted octanol–water partition coefficient (Wildman–Crippen LogP) is 6.41. The lowest BCUT2D eigenvalue weighted by molar-refractivity contribution is -0.152. The van der Waals surface area contributed by atoms with Crippen molar-refractivity contribution in [1.29, 1.82) is 0 Å². The molecule has 0 bridgehead atoms. The summed E-state index contributed by atoms with van der Waals surface area (Å²) in [6.45, 7) is 1.76. The second kappa shape index (κ2) is 10.5. The highest BCUT2D eigenvalue weighted by Gasteiger charge is 2.17. The summed E-state index contributed by atoms with van der Waals surface area (Å²) in [6, 6.07) is 18.6. The number of ether oxygens (including phenoxy) is 2. The average molecular weight is 479 g/mol. The number of halogens is 3. The fourth-order valence-electron chi connectivity index (χ4n) is 2.63. The Morgan fingerprint density at radius 3 is 2.16 bits per heavy atom. The van der Waals surface area contributed by atoms with Gasteiger partial charge in [-0.3, -0.25) is 4.79 Å². The van der Waals surface area contributed by atoms with Crippen molar-refractivity contribution in [1.82, 2.24) is 0 Å². The molecule has 3 aromatic rings. The van der Waals surface area contributed by atoms with E-state index in [0.717, 1.165) is 5.56 Å². The third-order valence-electron chi connectivity index (χ3n) is 4.23. The molecule has 0 aliphatic heterocycles. The molecule has 0 heterocycles. The summed E-state index contributed by atoms with van der Waals surface area (Å²) in [6.07, 6.45) is -0.810. The molecule has 1 unspecified atom stereocenters. The summed E-state index contributed by atoms with van der Waals surface area (Å²) < 4.78 is 10.9. The lowest BCUT2D eigenvalue weighted by Gasteiger charge is -2.14. The van der Waals surface area contributed by atoms with Crippen LogP contribution in [0.15, 0.2) is 66.7 Å². The molecule has 31 heavy (non-hydrogen) atoms. The summed E-state index contributed by atoms with van der Waals surface area (Å²) in [5.74, 6) is -0.478. The minimum atomic E-state index is -0.810. The van der Waals surface area contributed by atoms with Crippen molar-refractivity contribution in [3.05, 3.63) is 92.9 Å². The molecule has 8 heteroatoms. The van der Waals surface area contributed by atoms with Gasteiger partial charge in [0, 0.05) is 10.6 Å². The molecule has 0 aromatic heterocycles. The Labute approximate surface area is 194 Å². The number of benzene rings is 3. The summed E-state index contributed by atoms with van der Waals surface area (Å²) in [5, 5.41) is 3.48. The summed E-state index contributed by atoms with van der Waals surface area (Å²) >= 11 is 18.1. The van der Waals surface area contributed by atoms with Gasteiger partial charge in [0.05, 0.1) is 15.7 Å². The maximum Gasteiger partial charge on any atom is 0.347 e. The summed E-state index contributed by atoms with van der Waals surface area (Å²) in [5.41, 5.74) is 1.51. The molecule has 3 aromatic carbocycles. The van der Waals surface area contributed by atoms with Gasteiger partial charge in [-0.1, -0.05) is 65.1 Å². The first-order valence-electron chi connectivity index (χ1n) is 9.26. The molecule has 0 fully saturated rings. The number of hydrogen-bond acceptors (Lipinski definition) is 4. The number of carbonyl (C=O) groups excluding carboxylic acids is 2. The zero-order valence-corrected chi connectivity index (χ0v) is 18.7. The van der Waals surface area contributed by atoms with Gasteiger partial charge in [-0.05, 0) is 48.9 Å². The van der Waals surface area contributed by atoms with Crippen LogP contribution in [0.4, 0.5) is 5.69 Å². The predicted molar refractivity (Wildman–Crippen MR) is 122 cm³/mol. The minimum absolute atomic E-state index is 0.169. The van der Waals surface area contributed by atoms with Gasteiger partial charge in [0.2, 0.25) is 0 Å². The van der Waals surface area contributed by atoms with Gasteiger partial charge >= 0.3 is 5.97 Å². The first kappa shape index (κ1) is 22.9. The molecule has 1 atom stereocenters. The number of amides is 1.